The van der Waals surface area contributed by atoms with Crippen LogP contribution in [0.5, 0.6) is 0 Å². The molecule has 0 bridgehead atoms. The maximum Gasteiger partial charge on any atom is 0.253 e. The van der Waals surface area contributed by atoms with Crippen molar-refractivity contribution >= 4 is 23.4 Å². The van der Waals surface area contributed by atoms with Crippen LogP contribution in [0.1, 0.15) is 47.6 Å². The molecule has 0 aromatic heterocycles. The molecule has 2 heterocycles. The van der Waals surface area contributed by atoms with E-state index in [1.165, 1.54) is 0 Å². The van der Waals surface area contributed by atoms with Crippen molar-refractivity contribution < 1.29 is 19.1 Å². The van der Waals surface area contributed by atoms with E-state index in [4.69, 9.17) is 4.74 Å². The molecule has 2 aromatic rings. The van der Waals surface area contributed by atoms with Crippen LogP contribution in [0.25, 0.3) is 0 Å². The summed E-state index contributed by atoms with van der Waals surface area (Å²) in [4.78, 5) is 39.3. The summed E-state index contributed by atoms with van der Waals surface area (Å²) >= 11 is 0. The van der Waals surface area contributed by atoms with Crippen LogP contribution in [0.2, 0.25) is 0 Å². The summed E-state index contributed by atoms with van der Waals surface area (Å²) in [5.41, 5.74) is 1.94. The fourth-order valence-electron chi connectivity index (χ4n) is 4.02. The first-order valence-corrected chi connectivity index (χ1v) is 10.8. The van der Waals surface area contributed by atoms with Crippen molar-refractivity contribution in [2.24, 2.45) is 0 Å². The molecule has 2 N–H and O–H groups in total. The second kappa shape index (κ2) is 9.75. The second-order valence-corrected chi connectivity index (χ2v) is 7.95. The van der Waals surface area contributed by atoms with Crippen LogP contribution in [-0.2, 0) is 14.3 Å². The lowest BCUT2D eigenvalue weighted by Crippen LogP contribution is -2.38. The standard InChI is InChI=1S/C24H27N3O4/c28-22-12-5-13-27(22)16-20(17-7-2-1-3-8-17)26-23(29)18-9-4-10-19(15-18)25-24(30)21-11-6-14-31-21/h1-4,7-10,15,20-21H,5-6,11-14,16H2,(H,25,30)(H,26,29)/t20-,21+/m1/s1. The number of likely N-dealkylation sites (tertiary alicyclic amines) is 1. The summed E-state index contributed by atoms with van der Waals surface area (Å²) in [6, 6.07) is 16.2. The first kappa shape index (κ1) is 21.1. The van der Waals surface area contributed by atoms with Gasteiger partial charge in [-0.3, -0.25) is 14.4 Å². The Labute approximate surface area is 181 Å². The third-order valence-electron chi connectivity index (χ3n) is 5.70. The zero-order valence-corrected chi connectivity index (χ0v) is 17.4. The van der Waals surface area contributed by atoms with Crippen molar-refractivity contribution in [2.75, 3.05) is 25.0 Å². The van der Waals surface area contributed by atoms with E-state index in [0.717, 1.165) is 18.4 Å². The highest BCUT2D eigenvalue weighted by Gasteiger charge is 2.26. The van der Waals surface area contributed by atoms with E-state index in [9.17, 15) is 14.4 Å². The molecule has 31 heavy (non-hydrogen) atoms. The number of hydrogen-bond donors (Lipinski definition) is 2. The Balaban J connectivity index is 1.46. The lowest BCUT2D eigenvalue weighted by molar-refractivity contribution is -0.128. The van der Waals surface area contributed by atoms with Gasteiger partial charge < -0.3 is 20.3 Å². The van der Waals surface area contributed by atoms with Crippen LogP contribution in [0.4, 0.5) is 5.69 Å². The lowest BCUT2D eigenvalue weighted by Gasteiger charge is -2.25. The summed E-state index contributed by atoms with van der Waals surface area (Å²) in [7, 11) is 0. The monoisotopic (exact) mass is 421 g/mol. The molecule has 2 saturated heterocycles. The Bertz CT molecular complexity index is 941. The van der Waals surface area contributed by atoms with Crippen molar-refractivity contribution in [1.82, 2.24) is 10.2 Å². The zero-order valence-electron chi connectivity index (χ0n) is 17.4. The molecule has 162 valence electrons. The number of benzene rings is 2. The quantitative estimate of drug-likeness (QED) is 0.720. The second-order valence-electron chi connectivity index (χ2n) is 7.95. The number of rotatable bonds is 7. The van der Waals surface area contributed by atoms with Gasteiger partial charge in [0, 0.05) is 37.4 Å². The van der Waals surface area contributed by atoms with E-state index in [2.05, 4.69) is 10.6 Å². The Morgan fingerprint density at radius 3 is 2.65 bits per heavy atom. The highest BCUT2D eigenvalue weighted by Crippen LogP contribution is 2.20. The Kier molecular flexibility index (Phi) is 6.62. The molecule has 4 rings (SSSR count). The van der Waals surface area contributed by atoms with Crippen molar-refractivity contribution in [3.8, 4) is 0 Å². The summed E-state index contributed by atoms with van der Waals surface area (Å²) < 4.78 is 5.41. The number of ether oxygens (including phenoxy) is 1. The third-order valence-corrected chi connectivity index (χ3v) is 5.70. The van der Waals surface area contributed by atoms with Gasteiger partial charge in [-0.2, -0.15) is 0 Å². The minimum atomic E-state index is -0.432. The average Bonchev–Trinajstić information content (AvgIpc) is 3.46. The Morgan fingerprint density at radius 2 is 1.94 bits per heavy atom. The van der Waals surface area contributed by atoms with Gasteiger partial charge in [-0.05, 0) is 43.0 Å². The molecule has 7 heteroatoms. The molecular formula is C24H27N3O4. The van der Waals surface area contributed by atoms with E-state index in [1.807, 2.05) is 30.3 Å². The van der Waals surface area contributed by atoms with Crippen LogP contribution >= 0.6 is 0 Å². The third kappa shape index (κ3) is 5.30. The first-order chi connectivity index (χ1) is 15.1. The van der Waals surface area contributed by atoms with Gasteiger partial charge in [-0.15, -0.1) is 0 Å². The molecule has 2 aliphatic rings. The fourth-order valence-corrected chi connectivity index (χ4v) is 4.02. The molecule has 2 aromatic carbocycles. The molecule has 7 nitrogen and oxygen atoms in total. The molecule has 2 aliphatic heterocycles. The van der Waals surface area contributed by atoms with Gasteiger partial charge in [0.25, 0.3) is 11.8 Å². The van der Waals surface area contributed by atoms with E-state index in [-0.39, 0.29) is 23.8 Å². The van der Waals surface area contributed by atoms with E-state index >= 15 is 0 Å². The van der Waals surface area contributed by atoms with Crippen molar-refractivity contribution in [3.63, 3.8) is 0 Å². The normalized spacial score (nSPS) is 19.3. The SMILES string of the molecule is O=C(N[C@H](CN1CCCC1=O)c1ccccc1)c1cccc(NC(=O)[C@@H]2CCCO2)c1. The lowest BCUT2D eigenvalue weighted by atomic mass is 10.1. The summed E-state index contributed by atoms with van der Waals surface area (Å²) in [6.45, 7) is 1.74. The molecule has 0 unspecified atom stereocenters. The van der Waals surface area contributed by atoms with Gasteiger partial charge in [0.1, 0.15) is 6.10 Å². The van der Waals surface area contributed by atoms with Gasteiger partial charge in [-0.1, -0.05) is 36.4 Å². The van der Waals surface area contributed by atoms with E-state index in [1.54, 1.807) is 29.2 Å². The molecule has 0 radical (unpaired) electrons. The van der Waals surface area contributed by atoms with Crippen LogP contribution < -0.4 is 10.6 Å². The fraction of sp³-hybridized carbons (Fsp3) is 0.375. The number of carbonyl (C=O) groups excluding carboxylic acids is 3. The van der Waals surface area contributed by atoms with Crippen LogP contribution in [0, 0.1) is 0 Å². The smallest absolute Gasteiger partial charge is 0.253 e. The average molecular weight is 421 g/mol. The number of anilines is 1. The molecule has 0 aliphatic carbocycles. The number of hydrogen-bond acceptors (Lipinski definition) is 4. The van der Waals surface area contributed by atoms with E-state index < -0.39 is 6.10 Å². The molecule has 3 amide bonds. The maximum atomic E-state index is 13.0. The predicted octanol–water partition coefficient (Wildman–Crippen LogP) is 2.90. The van der Waals surface area contributed by atoms with Gasteiger partial charge in [0.2, 0.25) is 5.91 Å². The molecule has 2 fully saturated rings. The number of nitrogens with one attached hydrogen (secondary N) is 2. The largest absolute Gasteiger partial charge is 0.368 e. The molecule has 0 spiro atoms. The van der Waals surface area contributed by atoms with Crippen LogP contribution in [0.3, 0.4) is 0 Å². The molecule has 2 atom stereocenters. The highest BCUT2D eigenvalue weighted by molar-refractivity contribution is 5.98. The minimum Gasteiger partial charge on any atom is -0.368 e. The molecule has 0 saturated carbocycles. The van der Waals surface area contributed by atoms with Crippen molar-refractivity contribution in [1.29, 1.82) is 0 Å². The topological polar surface area (TPSA) is 87.7 Å². The van der Waals surface area contributed by atoms with Crippen LogP contribution in [-0.4, -0.2) is 48.4 Å². The number of nitrogens with zero attached hydrogens (tertiary/aromatic N) is 1. The zero-order chi connectivity index (χ0) is 21.6. The van der Waals surface area contributed by atoms with Gasteiger partial charge in [0.15, 0.2) is 0 Å². The number of amides is 3. The highest BCUT2D eigenvalue weighted by atomic mass is 16.5. The van der Waals surface area contributed by atoms with Crippen LogP contribution in [0.15, 0.2) is 54.6 Å². The van der Waals surface area contributed by atoms with E-state index in [0.29, 0.717) is 43.8 Å². The summed E-state index contributed by atoms with van der Waals surface area (Å²) in [6.07, 6.45) is 2.56. The predicted molar refractivity (Wildman–Crippen MR) is 117 cm³/mol. The van der Waals surface area contributed by atoms with Crippen molar-refractivity contribution in [3.05, 3.63) is 65.7 Å². The number of carbonyl (C=O) groups is 3. The summed E-state index contributed by atoms with van der Waals surface area (Å²) in [5.74, 6) is -0.326. The first-order valence-electron chi connectivity index (χ1n) is 10.8. The van der Waals surface area contributed by atoms with Crippen molar-refractivity contribution in [2.45, 2.75) is 37.8 Å². The Hall–Kier alpha value is -3.19. The minimum absolute atomic E-state index is 0.119. The summed E-state index contributed by atoms with van der Waals surface area (Å²) in [5, 5.41) is 5.89. The molecular weight excluding hydrogens is 394 g/mol. The van der Waals surface area contributed by atoms with Gasteiger partial charge in [0.05, 0.1) is 6.04 Å². The maximum absolute atomic E-state index is 13.0. The van der Waals surface area contributed by atoms with Gasteiger partial charge in [-0.25, -0.2) is 0 Å². The van der Waals surface area contributed by atoms with Gasteiger partial charge >= 0.3 is 0 Å². The Morgan fingerprint density at radius 1 is 1.10 bits per heavy atom.